The van der Waals surface area contributed by atoms with Crippen molar-refractivity contribution in [3.05, 3.63) is 65.7 Å². The molecule has 0 spiro atoms. The van der Waals surface area contributed by atoms with Gasteiger partial charge in [-0.05, 0) is 43.7 Å². The van der Waals surface area contributed by atoms with Crippen LogP contribution in [0.2, 0.25) is 0 Å². The zero-order valence-corrected chi connectivity index (χ0v) is 17.1. The Morgan fingerprint density at radius 1 is 1.00 bits per heavy atom. The van der Waals surface area contributed by atoms with Crippen LogP contribution < -0.4 is 10.1 Å². The van der Waals surface area contributed by atoms with Crippen LogP contribution in [0, 0.1) is 0 Å². The Morgan fingerprint density at radius 2 is 1.66 bits per heavy atom. The third kappa shape index (κ3) is 5.81. The Kier molecular flexibility index (Phi) is 7.25. The Labute approximate surface area is 172 Å². The molecule has 2 aromatic rings. The summed E-state index contributed by atoms with van der Waals surface area (Å²) in [6.45, 7) is 8.21. The van der Waals surface area contributed by atoms with Crippen LogP contribution in [0.15, 0.2) is 54.6 Å². The van der Waals surface area contributed by atoms with E-state index >= 15 is 0 Å². The van der Waals surface area contributed by atoms with E-state index in [2.05, 4.69) is 22.3 Å². The standard InChI is InChI=1S/C23H29N3O3/c1-3-29-21-11-9-19(10-12-21)17-25-13-15-26(16-14-25)23(28)18(2)24-22(27)20-7-5-4-6-8-20/h4-12,18H,3,13-17H2,1-2H3,(H,24,27). The van der Waals surface area contributed by atoms with Gasteiger partial charge in [-0.25, -0.2) is 0 Å². The quantitative estimate of drug-likeness (QED) is 0.783. The molecule has 3 rings (SSSR count). The second-order valence-electron chi connectivity index (χ2n) is 7.24. The fourth-order valence-electron chi connectivity index (χ4n) is 3.45. The molecule has 1 unspecified atom stereocenters. The minimum Gasteiger partial charge on any atom is -0.494 e. The number of carbonyl (C=O) groups excluding carboxylic acids is 2. The lowest BCUT2D eigenvalue weighted by Gasteiger charge is -2.36. The summed E-state index contributed by atoms with van der Waals surface area (Å²) in [5.41, 5.74) is 1.80. The van der Waals surface area contributed by atoms with E-state index in [1.165, 1.54) is 5.56 Å². The van der Waals surface area contributed by atoms with Crippen LogP contribution in [0.25, 0.3) is 0 Å². The summed E-state index contributed by atoms with van der Waals surface area (Å²) in [5, 5.41) is 2.80. The maximum atomic E-state index is 12.7. The second-order valence-corrected chi connectivity index (χ2v) is 7.24. The van der Waals surface area contributed by atoms with E-state index in [1.807, 2.05) is 42.2 Å². The van der Waals surface area contributed by atoms with Gasteiger partial charge in [-0.3, -0.25) is 14.5 Å². The maximum absolute atomic E-state index is 12.7. The van der Waals surface area contributed by atoms with Gasteiger partial charge in [-0.1, -0.05) is 30.3 Å². The van der Waals surface area contributed by atoms with Crippen molar-refractivity contribution in [3.8, 4) is 5.75 Å². The van der Waals surface area contributed by atoms with Crippen LogP contribution in [0.3, 0.4) is 0 Å². The van der Waals surface area contributed by atoms with Crippen molar-refractivity contribution in [1.29, 1.82) is 0 Å². The average Bonchev–Trinajstić information content (AvgIpc) is 2.76. The first kappa shape index (κ1) is 20.9. The minimum absolute atomic E-state index is 0.0324. The molecule has 1 aliphatic heterocycles. The number of amides is 2. The first-order chi connectivity index (χ1) is 14.1. The van der Waals surface area contributed by atoms with E-state index in [9.17, 15) is 9.59 Å². The highest BCUT2D eigenvalue weighted by molar-refractivity contribution is 5.97. The predicted octanol–water partition coefficient (Wildman–Crippen LogP) is 2.55. The summed E-state index contributed by atoms with van der Waals surface area (Å²) < 4.78 is 5.48. The van der Waals surface area contributed by atoms with Crippen LogP contribution in [-0.2, 0) is 11.3 Å². The summed E-state index contributed by atoms with van der Waals surface area (Å²) in [7, 11) is 0. The van der Waals surface area contributed by atoms with Gasteiger partial charge in [0.2, 0.25) is 5.91 Å². The number of nitrogens with one attached hydrogen (secondary N) is 1. The normalized spacial score (nSPS) is 15.6. The lowest BCUT2D eigenvalue weighted by atomic mass is 10.1. The van der Waals surface area contributed by atoms with Gasteiger partial charge in [0.1, 0.15) is 11.8 Å². The van der Waals surface area contributed by atoms with E-state index in [0.717, 1.165) is 25.4 Å². The molecule has 1 aliphatic rings. The number of carbonyl (C=O) groups is 2. The van der Waals surface area contributed by atoms with Gasteiger partial charge in [0, 0.05) is 38.3 Å². The van der Waals surface area contributed by atoms with Gasteiger partial charge in [0.25, 0.3) is 5.91 Å². The van der Waals surface area contributed by atoms with Gasteiger partial charge >= 0.3 is 0 Å². The fraction of sp³-hybridized carbons (Fsp3) is 0.391. The number of hydrogen-bond donors (Lipinski definition) is 1. The Balaban J connectivity index is 1.45. The number of piperazine rings is 1. The van der Waals surface area contributed by atoms with E-state index < -0.39 is 6.04 Å². The van der Waals surface area contributed by atoms with Crippen molar-refractivity contribution in [2.75, 3.05) is 32.8 Å². The molecule has 6 nitrogen and oxygen atoms in total. The molecular formula is C23H29N3O3. The number of benzene rings is 2. The largest absolute Gasteiger partial charge is 0.494 e. The molecule has 0 bridgehead atoms. The molecule has 1 N–H and O–H groups in total. The van der Waals surface area contributed by atoms with Crippen LogP contribution in [0.4, 0.5) is 0 Å². The van der Waals surface area contributed by atoms with Crippen molar-refractivity contribution < 1.29 is 14.3 Å². The molecular weight excluding hydrogens is 366 g/mol. The van der Waals surface area contributed by atoms with Gasteiger partial charge in [0.05, 0.1) is 6.61 Å². The summed E-state index contributed by atoms with van der Waals surface area (Å²) in [6, 6.07) is 16.6. The molecule has 0 saturated carbocycles. The van der Waals surface area contributed by atoms with Gasteiger partial charge < -0.3 is 15.0 Å². The Morgan fingerprint density at radius 3 is 2.28 bits per heavy atom. The third-order valence-electron chi connectivity index (χ3n) is 5.08. The molecule has 29 heavy (non-hydrogen) atoms. The third-order valence-corrected chi connectivity index (χ3v) is 5.08. The van der Waals surface area contributed by atoms with Crippen LogP contribution in [-0.4, -0.2) is 60.4 Å². The summed E-state index contributed by atoms with van der Waals surface area (Å²) in [5.74, 6) is 0.633. The van der Waals surface area contributed by atoms with Crippen molar-refractivity contribution in [2.45, 2.75) is 26.4 Å². The molecule has 0 aliphatic carbocycles. The van der Waals surface area contributed by atoms with Crippen molar-refractivity contribution in [2.24, 2.45) is 0 Å². The van der Waals surface area contributed by atoms with E-state index in [0.29, 0.717) is 25.3 Å². The second kappa shape index (κ2) is 10.1. The highest BCUT2D eigenvalue weighted by Crippen LogP contribution is 2.15. The topological polar surface area (TPSA) is 61.9 Å². The molecule has 2 aromatic carbocycles. The summed E-state index contributed by atoms with van der Waals surface area (Å²) in [6.07, 6.45) is 0. The van der Waals surface area contributed by atoms with Gasteiger partial charge in [0.15, 0.2) is 0 Å². The lowest BCUT2D eigenvalue weighted by Crippen LogP contribution is -2.53. The first-order valence-corrected chi connectivity index (χ1v) is 10.2. The van der Waals surface area contributed by atoms with Gasteiger partial charge in [-0.2, -0.15) is 0 Å². The molecule has 6 heteroatoms. The Hall–Kier alpha value is -2.86. The zero-order valence-electron chi connectivity index (χ0n) is 17.1. The SMILES string of the molecule is CCOc1ccc(CN2CCN(C(=O)C(C)NC(=O)c3ccccc3)CC2)cc1. The van der Waals surface area contributed by atoms with Crippen molar-refractivity contribution in [3.63, 3.8) is 0 Å². The van der Waals surface area contributed by atoms with E-state index in [-0.39, 0.29) is 11.8 Å². The molecule has 1 fully saturated rings. The minimum atomic E-state index is -0.541. The number of nitrogens with zero attached hydrogens (tertiary/aromatic N) is 2. The average molecular weight is 396 g/mol. The number of rotatable bonds is 7. The van der Waals surface area contributed by atoms with E-state index in [1.54, 1.807) is 19.1 Å². The maximum Gasteiger partial charge on any atom is 0.251 e. The monoisotopic (exact) mass is 395 g/mol. The number of hydrogen-bond acceptors (Lipinski definition) is 4. The molecule has 1 atom stereocenters. The first-order valence-electron chi connectivity index (χ1n) is 10.2. The fourth-order valence-corrected chi connectivity index (χ4v) is 3.45. The van der Waals surface area contributed by atoms with Gasteiger partial charge in [-0.15, -0.1) is 0 Å². The lowest BCUT2D eigenvalue weighted by molar-refractivity contribution is -0.134. The van der Waals surface area contributed by atoms with Crippen molar-refractivity contribution in [1.82, 2.24) is 15.1 Å². The number of ether oxygens (including phenoxy) is 1. The van der Waals surface area contributed by atoms with Crippen LogP contribution in [0.1, 0.15) is 29.8 Å². The predicted molar refractivity (Wildman–Crippen MR) is 113 cm³/mol. The molecule has 154 valence electrons. The van der Waals surface area contributed by atoms with Crippen molar-refractivity contribution >= 4 is 11.8 Å². The van der Waals surface area contributed by atoms with Crippen LogP contribution >= 0.6 is 0 Å². The molecule has 0 aromatic heterocycles. The van der Waals surface area contributed by atoms with Crippen LogP contribution in [0.5, 0.6) is 5.75 Å². The molecule has 1 saturated heterocycles. The van der Waals surface area contributed by atoms with E-state index in [4.69, 9.17) is 4.74 Å². The Bertz CT molecular complexity index is 800. The molecule has 2 amide bonds. The molecule has 1 heterocycles. The zero-order chi connectivity index (χ0) is 20.6. The molecule has 0 radical (unpaired) electrons. The summed E-state index contributed by atoms with van der Waals surface area (Å²) >= 11 is 0. The smallest absolute Gasteiger partial charge is 0.251 e. The summed E-state index contributed by atoms with van der Waals surface area (Å²) in [4.78, 5) is 29.1. The highest BCUT2D eigenvalue weighted by Gasteiger charge is 2.26. The highest BCUT2D eigenvalue weighted by atomic mass is 16.5.